The molecule has 0 saturated carbocycles. The number of hydrogen-bond donors (Lipinski definition) is 0. The molecule has 5 rings (SSSR count). The molecule has 0 saturated heterocycles. The van der Waals surface area contributed by atoms with Gasteiger partial charge in [-0.2, -0.15) is 0 Å². The molecule has 6 heteroatoms. The summed E-state index contributed by atoms with van der Waals surface area (Å²) in [6, 6.07) is 12.5. The van der Waals surface area contributed by atoms with Gasteiger partial charge >= 0.3 is 0 Å². The predicted octanol–water partition coefficient (Wildman–Crippen LogP) is 8.44. The van der Waals surface area contributed by atoms with Crippen molar-refractivity contribution in [1.82, 2.24) is 0 Å². The highest BCUT2D eigenvalue weighted by atomic mass is 32.1. The van der Waals surface area contributed by atoms with Crippen LogP contribution in [0.15, 0.2) is 47.2 Å². The maximum absolute atomic E-state index is 6.34. The van der Waals surface area contributed by atoms with E-state index in [4.69, 9.17) is 9.47 Å². The van der Waals surface area contributed by atoms with Crippen molar-refractivity contribution in [2.45, 2.75) is 13.8 Å². The van der Waals surface area contributed by atoms with E-state index in [2.05, 4.69) is 26.0 Å². The van der Waals surface area contributed by atoms with E-state index in [9.17, 15) is 0 Å². The molecule has 2 nitrogen and oxygen atoms in total. The number of thiophene rings is 4. The zero-order valence-corrected chi connectivity index (χ0v) is 17.3. The Balaban J connectivity index is 1.81. The number of benzene rings is 1. The van der Waals surface area contributed by atoms with Crippen LogP contribution in [0.25, 0.3) is 20.2 Å². The molecule has 0 spiro atoms. The minimum Gasteiger partial charge on any atom is -0.444 e. The molecular weight excluding hydrogens is 400 g/mol. The van der Waals surface area contributed by atoms with Crippen LogP contribution in [-0.2, 0) is 0 Å². The third-order valence-corrected chi connectivity index (χ3v) is 7.60. The third-order valence-electron chi connectivity index (χ3n) is 4.01. The first-order valence-corrected chi connectivity index (χ1v) is 11.5. The van der Waals surface area contributed by atoms with Gasteiger partial charge in [0, 0.05) is 20.5 Å². The molecule has 0 unspecified atom stereocenters. The summed E-state index contributed by atoms with van der Waals surface area (Å²) in [5, 5.41) is 8.15. The Morgan fingerprint density at radius 3 is 1.54 bits per heavy atom. The Kier molecular flexibility index (Phi) is 4.01. The lowest BCUT2D eigenvalue weighted by atomic mass is 10.1. The molecule has 0 amide bonds. The molecule has 0 N–H and O–H groups in total. The minimum atomic E-state index is 0.912. The summed E-state index contributed by atoms with van der Waals surface area (Å²) in [6.45, 7) is 4.27. The van der Waals surface area contributed by atoms with Crippen LogP contribution >= 0.6 is 45.3 Å². The summed E-state index contributed by atoms with van der Waals surface area (Å²) < 4.78 is 15.0. The zero-order valence-electron chi connectivity index (χ0n) is 14.1. The summed E-state index contributed by atoms with van der Waals surface area (Å²) >= 11 is 6.74. The van der Waals surface area contributed by atoms with Crippen LogP contribution in [0.1, 0.15) is 9.75 Å². The Bertz CT molecular complexity index is 1050. The van der Waals surface area contributed by atoms with Gasteiger partial charge in [0.15, 0.2) is 21.6 Å². The molecule has 5 aromatic rings. The first kappa shape index (κ1) is 16.3. The normalized spacial score (nSPS) is 11.5. The van der Waals surface area contributed by atoms with Crippen molar-refractivity contribution >= 4 is 65.5 Å². The van der Waals surface area contributed by atoms with E-state index in [1.54, 1.807) is 45.3 Å². The van der Waals surface area contributed by atoms with Crippen molar-refractivity contribution in [3.63, 3.8) is 0 Å². The maximum atomic E-state index is 6.34. The second-order valence-electron chi connectivity index (χ2n) is 5.93. The van der Waals surface area contributed by atoms with Crippen molar-refractivity contribution in [2.24, 2.45) is 0 Å². The van der Waals surface area contributed by atoms with Gasteiger partial charge < -0.3 is 9.47 Å². The number of hydrogen-bond acceptors (Lipinski definition) is 6. The van der Waals surface area contributed by atoms with Gasteiger partial charge in [0.25, 0.3) is 0 Å². The summed E-state index contributed by atoms with van der Waals surface area (Å²) in [5.74, 6) is 1.89. The number of fused-ring (bicyclic) bond motifs is 2. The second kappa shape index (κ2) is 6.39. The quantitative estimate of drug-likeness (QED) is 0.294. The third kappa shape index (κ3) is 2.74. The Morgan fingerprint density at radius 1 is 0.692 bits per heavy atom. The van der Waals surface area contributed by atoms with Crippen molar-refractivity contribution in [3.8, 4) is 21.6 Å². The van der Waals surface area contributed by atoms with Crippen molar-refractivity contribution < 1.29 is 9.47 Å². The van der Waals surface area contributed by atoms with Crippen LogP contribution in [0.3, 0.4) is 0 Å². The van der Waals surface area contributed by atoms with Crippen LogP contribution in [0.4, 0.5) is 0 Å². The fourth-order valence-electron chi connectivity index (χ4n) is 2.99. The van der Waals surface area contributed by atoms with Gasteiger partial charge in [0.05, 0.1) is 9.40 Å². The maximum Gasteiger partial charge on any atom is 0.181 e. The molecule has 0 aliphatic carbocycles. The molecule has 0 radical (unpaired) electrons. The van der Waals surface area contributed by atoms with Gasteiger partial charge in [0.1, 0.15) is 0 Å². The average Bonchev–Trinajstić information content (AvgIpc) is 3.37. The molecular formula is C20H14O2S4. The van der Waals surface area contributed by atoms with Crippen molar-refractivity contribution in [1.29, 1.82) is 0 Å². The zero-order chi connectivity index (χ0) is 17.7. The van der Waals surface area contributed by atoms with E-state index in [1.165, 1.54) is 9.75 Å². The van der Waals surface area contributed by atoms with Gasteiger partial charge in [-0.1, -0.05) is 0 Å². The molecule has 0 fully saturated rings. The number of ether oxygens (including phenoxy) is 2. The van der Waals surface area contributed by atoms with Crippen LogP contribution in [0.2, 0.25) is 0 Å². The molecule has 4 aromatic heterocycles. The van der Waals surface area contributed by atoms with E-state index >= 15 is 0 Å². The van der Waals surface area contributed by atoms with Crippen LogP contribution in [0.5, 0.6) is 21.6 Å². The molecule has 26 heavy (non-hydrogen) atoms. The van der Waals surface area contributed by atoms with Gasteiger partial charge in [-0.3, -0.25) is 0 Å². The summed E-state index contributed by atoms with van der Waals surface area (Å²) in [4.78, 5) is 2.50. The summed E-state index contributed by atoms with van der Waals surface area (Å²) in [7, 11) is 0. The Labute approximate surface area is 166 Å². The first-order chi connectivity index (χ1) is 12.7. The predicted molar refractivity (Wildman–Crippen MR) is 115 cm³/mol. The lowest BCUT2D eigenvalue weighted by molar-refractivity contribution is 0.501. The van der Waals surface area contributed by atoms with Gasteiger partial charge in [-0.15, -0.1) is 45.3 Å². The van der Waals surface area contributed by atoms with Gasteiger partial charge in [0.2, 0.25) is 0 Å². The molecule has 0 aliphatic heterocycles. The Morgan fingerprint density at radius 2 is 1.15 bits per heavy atom. The highest BCUT2D eigenvalue weighted by Gasteiger charge is 2.22. The molecule has 1 aromatic carbocycles. The second-order valence-corrected chi connectivity index (χ2v) is 10.3. The molecule has 0 bridgehead atoms. The standard InChI is InChI=1S/C20H14O2S4/c1-11-9-13-17(21-15-5-3-7-23-15)20-14(10-12(2)26-20)18(19(13)25-11)22-16-6-4-8-24-16/h3-10H,1-2H3. The largest absolute Gasteiger partial charge is 0.444 e. The van der Waals surface area contributed by atoms with Crippen molar-refractivity contribution in [2.75, 3.05) is 0 Å². The average molecular weight is 415 g/mol. The Hall–Kier alpha value is -1.86. The monoisotopic (exact) mass is 414 g/mol. The van der Waals surface area contributed by atoms with Crippen molar-refractivity contribution in [3.05, 3.63) is 56.9 Å². The van der Waals surface area contributed by atoms with Gasteiger partial charge in [-0.05, 0) is 61.0 Å². The smallest absolute Gasteiger partial charge is 0.181 e. The lowest BCUT2D eigenvalue weighted by Crippen LogP contribution is -1.87. The van der Waals surface area contributed by atoms with E-state index < -0.39 is 0 Å². The molecule has 0 aliphatic rings. The minimum absolute atomic E-state index is 0.912. The highest BCUT2D eigenvalue weighted by Crippen LogP contribution is 2.51. The SMILES string of the molecule is Cc1cc2c(Oc3cccs3)c3sc(C)cc3c(Oc3cccs3)c2s1. The highest BCUT2D eigenvalue weighted by molar-refractivity contribution is 7.21. The summed E-state index contributed by atoms with van der Waals surface area (Å²) in [5.41, 5.74) is 0. The van der Waals surface area contributed by atoms with E-state index in [-0.39, 0.29) is 0 Å². The number of aryl methyl sites for hydroxylation is 2. The van der Waals surface area contributed by atoms with Crippen LogP contribution in [-0.4, -0.2) is 0 Å². The van der Waals surface area contributed by atoms with Gasteiger partial charge in [-0.25, -0.2) is 0 Å². The summed E-state index contributed by atoms with van der Waals surface area (Å²) in [6.07, 6.45) is 0. The first-order valence-electron chi connectivity index (χ1n) is 8.08. The van der Waals surface area contributed by atoms with E-state index in [0.717, 1.165) is 41.8 Å². The topological polar surface area (TPSA) is 18.5 Å². The van der Waals surface area contributed by atoms with E-state index in [0.29, 0.717) is 0 Å². The number of rotatable bonds is 4. The molecule has 130 valence electrons. The fourth-order valence-corrected chi connectivity index (χ4v) is 6.16. The lowest BCUT2D eigenvalue weighted by Gasteiger charge is -2.11. The van der Waals surface area contributed by atoms with Crippen LogP contribution < -0.4 is 9.47 Å². The molecule has 0 atom stereocenters. The molecule has 4 heterocycles. The van der Waals surface area contributed by atoms with Crippen LogP contribution in [0, 0.1) is 13.8 Å². The van der Waals surface area contributed by atoms with E-state index in [1.807, 2.05) is 35.0 Å². The fraction of sp³-hybridized carbons (Fsp3) is 0.100.